The molecular formula is C38H55N9O9. The van der Waals surface area contributed by atoms with E-state index in [2.05, 4.69) is 31.9 Å². The lowest BCUT2D eigenvalue weighted by atomic mass is 9.98. The number of hydrogen-bond acceptors (Lipinski definition) is 10. The number of carbonyl (C=O) groups excluding carboxylic acids is 8. The summed E-state index contributed by atoms with van der Waals surface area (Å²) in [4.78, 5) is 103. The molecule has 0 fully saturated rings. The molecule has 8 amide bonds. The van der Waals surface area contributed by atoms with E-state index in [1.165, 1.54) is 19.1 Å². The first-order valence-electron chi connectivity index (χ1n) is 18.2. The van der Waals surface area contributed by atoms with Crippen molar-refractivity contribution >= 4 is 47.3 Å². The zero-order valence-corrected chi connectivity index (χ0v) is 32.3. The molecule has 18 heteroatoms. The van der Waals surface area contributed by atoms with Crippen LogP contribution in [0.1, 0.15) is 58.6 Å². The van der Waals surface area contributed by atoms with Gasteiger partial charge in [-0.05, 0) is 54.9 Å². The van der Waals surface area contributed by atoms with Crippen molar-refractivity contribution < 1.29 is 43.5 Å². The molecule has 0 unspecified atom stereocenters. The summed E-state index contributed by atoms with van der Waals surface area (Å²) in [6.45, 7) is 7.58. The van der Waals surface area contributed by atoms with Crippen LogP contribution >= 0.6 is 0 Å². The molecule has 0 aliphatic carbocycles. The molecule has 6 atom stereocenters. The van der Waals surface area contributed by atoms with Crippen molar-refractivity contribution in [1.29, 1.82) is 0 Å². The first-order chi connectivity index (χ1) is 26.3. The number of carbonyl (C=O) groups is 8. The number of nitrogens with one attached hydrogen (secondary N) is 6. The Kier molecular flexibility index (Phi) is 18.4. The van der Waals surface area contributed by atoms with E-state index in [0.717, 1.165) is 0 Å². The van der Waals surface area contributed by atoms with Crippen molar-refractivity contribution in [1.82, 2.24) is 31.9 Å². The Hall–Kier alpha value is -6.04. The van der Waals surface area contributed by atoms with E-state index in [0.29, 0.717) is 11.1 Å². The van der Waals surface area contributed by atoms with Gasteiger partial charge in [-0.3, -0.25) is 38.4 Å². The summed E-state index contributed by atoms with van der Waals surface area (Å²) in [6, 6.07) is 7.63. The van der Waals surface area contributed by atoms with Gasteiger partial charge in [-0.1, -0.05) is 70.2 Å². The molecule has 2 rings (SSSR count). The third kappa shape index (κ3) is 15.7. The monoisotopic (exact) mass is 781 g/mol. The minimum absolute atomic E-state index is 0.0327. The van der Waals surface area contributed by atoms with Crippen LogP contribution in [0.3, 0.4) is 0 Å². The van der Waals surface area contributed by atoms with E-state index in [4.69, 9.17) is 17.2 Å². The van der Waals surface area contributed by atoms with E-state index in [9.17, 15) is 43.5 Å². The van der Waals surface area contributed by atoms with Crippen molar-refractivity contribution in [3.05, 3.63) is 65.7 Å². The summed E-state index contributed by atoms with van der Waals surface area (Å²) in [5.74, 6) is -6.86. The van der Waals surface area contributed by atoms with Gasteiger partial charge < -0.3 is 54.2 Å². The predicted octanol–water partition coefficient (Wildman–Crippen LogP) is -1.87. The van der Waals surface area contributed by atoms with Gasteiger partial charge in [-0.2, -0.15) is 0 Å². The number of primary amides is 2. The fourth-order valence-electron chi connectivity index (χ4n) is 5.40. The van der Waals surface area contributed by atoms with Gasteiger partial charge in [0, 0.05) is 12.8 Å². The highest BCUT2D eigenvalue weighted by Crippen LogP contribution is 2.12. The van der Waals surface area contributed by atoms with Crippen molar-refractivity contribution in [2.45, 2.75) is 96.6 Å². The Morgan fingerprint density at radius 3 is 1.64 bits per heavy atom. The maximum absolute atomic E-state index is 13.9. The van der Waals surface area contributed by atoms with Crippen molar-refractivity contribution in [2.24, 2.45) is 29.0 Å². The summed E-state index contributed by atoms with van der Waals surface area (Å²) < 4.78 is 0. The fourth-order valence-corrected chi connectivity index (χ4v) is 5.40. The molecule has 0 saturated carbocycles. The minimum Gasteiger partial charge on any atom is -0.508 e. The second kappa shape index (κ2) is 22.4. The molecule has 0 spiro atoms. The molecule has 56 heavy (non-hydrogen) atoms. The number of aromatic hydroxyl groups is 1. The van der Waals surface area contributed by atoms with Gasteiger partial charge in [0.25, 0.3) is 0 Å². The van der Waals surface area contributed by atoms with Crippen LogP contribution in [-0.2, 0) is 51.2 Å². The largest absolute Gasteiger partial charge is 0.508 e. The Morgan fingerprint density at radius 1 is 0.571 bits per heavy atom. The Morgan fingerprint density at radius 2 is 1.09 bits per heavy atom. The molecule has 0 radical (unpaired) electrons. The molecule has 0 aliphatic heterocycles. The lowest BCUT2D eigenvalue weighted by molar-refractivity contribution is -0.136. The third-order valence-corrected chi connectivity index (χ3v) is 8.64. The van der Waals surface area contributed by atoms with Crippen molar-refractivity contribution in [3.63, 3.8) is 0 Å². The molecule has 0 aromatic heterocycles. The SMILES string of the molecule is CC(C)[C@H](NC(=O)[C@H](CCC(N)=O)NC(=O)[C@H](Cc1ccccc1)NC(=O)[C@@H](C)NC(=O)[C@@H](N)Cc1ccc(O)cc1)C(=O)N[C@H](C(=O)NCC(N)=O)C(C)C. The van der Waals surface area contributed by atoms with Gasteiger partial charge in [0.15, 0.2) is 0 Å². The zero-order valence-electron chi connectivity index (χ0n) is 32.3. The highest BCUT2D eigenvalue weighted by molar-refractivity contribution is 5.97. The number of hydrogen-bond donors (Lipinski definition) is 10. The average molecular weight is 782 g/mol. The Labute approximate surface area is 325 Å². The highest BCUT2D eigenvalue weighted by atomic mass is 16.3. The standard InChI is InChI=1S/C38H55N9O9/c1-20(2)31(37(55)42-19-30(41)50)47-38(56)32(21(3)4)46-35(53)27(15-16-29(40)49)44-36(54)28(18-23-9-7-6-8-10-23)45-33(51)22(5)43-34(52)26(39)17-24-11-13-25(48)14-12-24/h6-14,20-22,26-28,31-32,48H,15-19,39H2,1-5H3,(H2,40,49)(H2,41,50)(H,42,55)(H,43,52)(H,44,54)(H,45,51)(H,46,53)(H,47,56)/t22-,26+,27+,28+,31+,32+/m1/s1. The number of amides is 8. The first kappa shape index (κ1) is 46.1. The molecule has 0 aliphatic rings. The lowest BCUT2D eigenvalue weighted by Gasteiger charge is -2.29. The lowest BCUT2D eigenvalue weighted by Crippen LogP contribution is -2.61. The first-order valence-corrected chi connectivity index (χ1v) is 18.2. The normalized spacial score (nSPS) is 14.2. The smallest absolute Gasteiger partial charge is 0.243 e. The second-order valence-corrected chi connectivity index (χ2v) is 14.2. The van der Waals surface area contributed by atoms with Crippen LogP contribution < -0.4 is 49.1 Å². The molecule has 18 nitrogen and oxygen atoms in total. The van der Waals surface area contributed by atoms with Crippen LogP contribution in [0.2, 0.25) is 0 Å². The van der Waals surface area contributed by atoms with Crippen LogP contribution in [0.5, 0.6) is 5.75 Å². The maximum Gasteiger partial charge on any atom is 0.243 e. The quantitative estimate of drug-likeness (QED) is 0.0635. The molecular weight excluding hydrogens is 726 g/mol. The summed E-state index contributed by atoms with van der Waals surface area (Å²) in [6.07, 6.45) is -0.496. The Bertz CT molecular complexity index is 1690. The number of phenols is 1. The summed E-state index contributed by atoms with van der Waals surface area (Å²) in [5.41, 5.74) is 17.9. The van der Waals surface area contributed by atoms with Gasteiger partial charge in [-0.25, -0.2) is 0 Å². The second-order valence-electron chi connectivity index (χ2n) is 14.2. The molecule has 0 bridgehead atoms. The summed E-state index contributed by atoms with van der Waals surface area (Å²) in [7, 11) is 0. The van der Waals surface area contributed by atoms with Gasteiger partial charge in [0.2, 0.25) is 47.3 Å². The average Bonchev–Trinajstić information content (AvgIpc) is 3.13. The van der Waals surface area contributed by atoms with Crippen LogP contribution in [0, 0.1) is 11.8 Å². The van der Waals surface area contributed by atoms with E-state index < -0.39 is 102 Å². The van der Waals surface area contributed by atoms with Gasteiger partial charge in [0.1, 0.15) is 36.0 Å². The van der Waals surface area contributed by atoms with E-state index >= 15 is 0 Å². The van der Waals surface area contributed by atoms with Crippen LogP contribution in [0.4, 0.5) is 0 Å². The molecule has 2 aromatic carbocycles. The fraction of sp³-hybridized carbons (Fsp3) is 0.474. The number of rotatable bonds is 22. The molecule has 0 saturated heterocycles. The van der Waals surface area contributed by atoms with E-state index in [1.54, 1.807) is 70.2 Å². The maximum atomic E-state index is 13.9. The van der Waals surface area contributed by atoms with Gasteiger partial charge in [0.05, 0.1) is 12.6 Å². The summed E-state index contributed by atoms with van der Waals surface area (Å²) >= 11 is 0. The predicted molar refractivity (Wildman–Crippen MR) is 206 cm³/mol. The molecule has 0 heterocycles. The highest BCUT2D eigenvalue weighted by Gasteiger charge is 2.34. The van der Waals surface area contributed by atoms with Crippen LogP contribution in [0.25, 0.3) is 0 Å². The molecule has 13 N–H and O–H groups in total. The summed E-state index contributed by atoms with van der Waals surface area (Å²) in [5, 5.41) is 24.8. The van der Waals surface area contributed by atoms with Crippen LogP contribution in [-0.4, -0.2) is 95.2 Å². The number of benzene rings is 2. The molecule has 306 valence electrons. The number of phenolic OH excluding ortho intramolecular Hbond substituents is 1. The van der Waals surface area contributed by atoms with Crippen molar-refractivity contribution in [3.8, 4) is 5.75 Å². The van der Waals surface area contributed by atoms with Gasteiger partial charge in [-0.15, -0.1) is 0 Å². The van der Waals surface area contributed by atoms with Crippen LogP contribution in [0.15, 0.2) is 54.6 Å². The Balaban J connectivity index is 2.26. The van der Waals surface area contributed by atoms with Gasteiger partial charge >= 0.3 is 0 Å². The zero-order chi connectivity index (χ0) is 42.1. The minimum atomic E-state index is -1.41. The third-order valence-electron chi connectivity index (χ3n) is 8.64. The topological polar surface area (TPSA) is 307 Å². The molecule has 2 aromatic rings. The number of nitrogens with two attached hydrogens (primary N) is 3. The van der Waals surface area contributed by atoms with E-state index in [-0.39, 0.29) is 31.4 Å². The van der Waals surface area contributed by atoms with E-state index in [1.807, 2.05) is 0 Å². The van der Waals surface area contributed by atoms with Crippen molar-refractivity contribution in [2.75, 3.05) is 6.54 Å².